The minimum absolute atomic E-state index is 0.756. The Hall–Kier alpha value is -1.02. The molecule has 0 saturated carbocycles. The van der Waals surface area contributed by atoms with Crippen LogP contribution in [-0.4, -0.2) is 13.7 Å². The van der Waals surface area contributed by atoms with Crippen molar-refractivity contribution in [1.29, 1.82) is 0 Å². The average molecular weight is 221 g/mol. The van der Waals surface area contributed by atoms with Crippen molar-refractivity contribution in [2.45, 2.75) is 33.7 Å². The third kappa shape index (κ3) is 4.23. The standard InChI is InChI=1S/C14H23NO/c1-11(2)7-8-15-10-13-9-12(3)5-6-14(13)16-4/h5-6,9,11,15H,7-8,10H2,1-4H3. The fourth-order valence-electron chi connectivity index (χ4n) is 1.66. The van der Waals surface area contributed by atoms with E-state index in [1.165, 1.54) is 17.5 Å². The lowest BCUT2D eigenvalue weighted by Gasteiger charge is -2.11. The van der Waals surface area contributed by atoms with E-state index in [-0.39, 0.29) is 0 Å². The second kappa shape index (κ2) is 6.54. The molecule has 0 saturated heterocycles. The molecule has 0 aliphatic rings. The van der Waals surface area contributed by atoms with Gasteiger partial charge in [-0.05, 0) is 31.9 Å². The molecule has 0 aromatic heterocycles. The van der Waals surface area contributed by atoms with Crippen molar-refractivity contribution in [3.8, 4) is 5.75 Å². The van der Waals surface area contributed by atoms with Gasteiger partial charge >= 0.3 is 0 Å². The van der Waals surface area contributed by atoms with Gasteiger partial charge in [0.1, 0.15) is 5.75 Å². The molecule has 1 N–H and O–H groups in total. The summed E-state index contributed by atoms with van der Waals surface area (Å²) in [6.07, 6.45) is 1.22. The van der Waals surface area contributed by atoms with E-state index in [0.717, 1.165) is 24.8 Å². The first kappa shape index (κ1) is 13.0. The normalized spacial score (nSPS) is 10.8. The van der Waals surface area contributed by atoms with Crippen molar-refractivity contribution in [2.24, 2.45) is 5.92 Å². The van der Waals surface area contributed by atoms with Crippen LogP contribution < -0.4 is 10.1 Å². The van der Waals surface area contributed by atoms with Gasteiger partial charge in [-0.3, -0.25) is 0 Å². The van der Waals surface area contributed by atoms with Gasteiger partial charge in [0.15, 0.2) is 0 Å². The third-order valence-corrected chi connectivity index (χ3v) is 2.65. The van der Waals surface area contributed by atoms with E-state index < -0.39 is 0 Å². The Labute approximate surface area is 99.0 Å². The Morgan fingerprint density at radius 3 is 2.69 bits per heavy atom. The lowest BCUT2D eigenvalue weighted by Crippen LogP contribution is -2.16. The molecule has 0 fully saturated rings. The maximum Gasteiger partial charge on any atom is 0.123 e. The van der Waals surface area contributed by atoms with Crippen molar-refractivity contribution in [2.75, 3.05) is 13.7 Å². The molecule has 0 spiro atoms. The van der Waals surface area contributed by atoms with Crippen molar-refractivity contribution < 1.29 is 4.74 Å². The Balaban J connectivity index is 2.48. The molecule has 2 heteroatoms. The molecule has 1 aromatic rings. The summed E-state index contributed by atoms with van der Waals surface area (Å²) in [6.45, 7) is 8.55. The second-order valence-corrected chi connectivity index (χ2v) is 4.67. The summed E-state index contributed by atoms with van der Waals surface area (Å²) in [4.78, 5) is 0. The number of aryl methyl sites for hydroxylation is 1. The largest absolute Gasteiger partial charge is 0.496 e. The minimum Gasteiger partial charge on any atom is -0.496 e. The molecule has 0 atom stereocenters. The number of hydrogen-bond donors (Lipinski definition) is 1. The van der Waals surface area contributed by atoms with Crippen LogP contribution in [0.5, 0.6) is 5.75 Å². The molecule has 0 aliphatic carbocycles. The van der Waals surface area contributed by atoms with Crippen LogP contribution in [0.4, 0.5) is 0 Å². The summed E-state index contributed by atoms with van der Waals surface area (Å²) in [7, 11) is 1.72. The molecule has 16 heavy (non-hydrogen) atoms. The van der Waals surface area contributed by atoms with E-state index >= 15 is 0 Å². The Morgan fingerprint density at radius 2 is 2.06 bits per heavy atom. The van der Waals surface area contributed by atoms with Gasteiger partial charge in [0, 0.05) is 12.1 Å². The highest BCUT2D eigenvalue weighted by Crippen LogP contribution is 2.19. The smallest absolute Gasteiger partial charge is 0.123 e. The van der Waals surface area contributed by atoms with E-state index in [1.807, 2.05) is 6.07 Å². The summed E-state index contributed by atoms with van der Waals surface area (Å²) in [5.41, 5.74) is 2.52. The number of benzene rings is 1. The summed E-state index contributed by atoms with van der Waals surface area (Å²) < 4.78 is 5.34. The zero-order valence-electron chi connectivity index (χ0n) is 10.8. The Kier molecular flexibility index (Phi) is 5.33. The van der Waals surface area contributed by atoms with E-state index in [0.29, 0.717) is 0 Å². The van der Waals surface area contributed by atoms with E-state index in [4.69, 9.17) is 4.74 Å². The molecule has 2 nitrogen and oxygen atoms in total. The number of nitrogens with one attached hydrogen (secondary N) is 1. The molecule has 0 amide bonds. The molecular formula is C14H23NO. The first-order valence-corrected chi connectivity index (χ1v) is 5.97. The quantitative estimate of drug-likeness (QED) is 0.745. The predicted octanol–water partition coefficient (Wildman–Crippen LogP) is 3.14. The van der Waals surface area contributed by atoms with Crippen molar-refractivity contribution in [3.63, 3.8) is 0 Å². The van der Waals surface area contributed by atoms with E-state index in [9.17, 15) is 0 Å². The fourth-order valence-corrected chi connectivity index (χ4v) is 1.66. The van der Waals surface area contributed by atoms with Crippen LogP contribution in [-0.2, 0) is 6.54 Å². The van der Waals surface area contributed by atoms with Crippen molar-refractivity contribution >= 4 is 0 Å². The van der Waals surface area contributed by atoms with Gasteiger partial charge < -0.3 is 10.1 Å². The number of methoxy groups -OCH3 is 1. The van der Waals surface area contributed by atoms with Gasteiger partial charge in [-0.1, -0.05) is 31.5 Å². The van der Waals surface area contributed by atoms with Crippen LogP contribution in [0.2, 0.25) is 0 Å². The lowest BCUT2D eigenvalue weighted by molar-refractivity contribution is 0.407. The first-order valence-electron chi connectivity index (χ1n) is 5.97. The molecular weight excluding hydrogens is 198 g/mol. The molecule has 1 aromatic carbocycles. The number of hydrogen-bond acceptors (Lipinski definition) is 2. The number of ether oxygens (including phenoxy) is 1. The molecule has 0 heterocycles. The zero-order valence-corrected chi connectivity index (χ0v) is 10.8. The summed E-state index contributed by atoms with van der Waals surface area (Å²) in [5.74, 6) is 1.73. The second-order valence-electron chi connectivity index (χ2n) is 4.67. The van der Waals surface area contributed by atoms with Gasteiger partial charge in [-0.25, -0.2) is 0 Å². The van der Waals surface area contributed by atoms with Crippen molar-refractivity contribution in [3.05, 3.63) is 29.3 Å². The van der Waals surface area contributed by atoms with E-state index in [1.54, 1.807) is 7.11 Å². The summed E-state index contributed by atoms with van der Waals surface area (Å²) in [5, 5.41) is 3.45. The highest BCUT2D eigenvalue weighted by atomic mass is 16.5. The predicted molar refractivity (Wildman–Crippen MR) is 68.9 cm³/mol. The number of rotatable bonds is 6. The Morgan fingerprint density at radius 1 is 1.31 bits per heavy atom. The van der Waals surface area contributed by atoms with Crippen LogP contribution in [0, 0.1) is 12.8 Å². The highest BCUT2D eigenvalue weighted by Gasteiger charge is 2.02. The van der Waals surface area contributed by atoms with Crippen LogP contribution in [0.25, 0.3) is 0 Å². The van der Waals surface area contributed by atoms with Gasteiger partial charge in [0.25, 0.3) is 0 Å². The molecule has 0 unspecified atom stereocenters. The van der Waals surface area contributed by atoms with Crippen LogP contribution >= 0.6 is 0 Å². The lowest BCUT2D eigenvalue weighted by atomic mass is 10.1. The molecule has 0 radical (unpaired) electrons. The Bertz CT molecular complexity index is 321. The average Bonchev–Trinajstić information content (AvgIpc) is 2.24. The summed E-state index contributed by atoms with van der Waals surface area (Å²) in [6, 6.07) is 6.30. The highest BCUT2D eigenvalue weighted by molar-refractivity contribution is 5.36. The van der Waals surface area contributed by atoms with Gasteiger partial charge in [-0.2, -0.15) is 0 Å². The molecule has 1 rings (SSSR count). The van der Waals surface area contributed by atoms with Crippen LogP contribution in [0.1, 0.15) is 31.4 Å². The van der Waals surface area contributed by atoms with Gasteiger partial charge in [0.05, 0.1) is 7.11 Å². The maximum atomic E-state index is 5.34. The van der Waals surface area contributed by atoms with E-state index in [2.05, 4.69) is 38.2 Å². The van der Waals surface area contributed by atoms with Gasteiger partial charge in [-0.15, -0.1) is 0 Å². The molecule has 0 aliphatic heterocycles. The topological polar surface area (TPSA) is 21.3 Å². The molecule has 0 bridgehead atoms. The monoisotopic (exact) mass is 221 g/mol. The first-order chi connectivity index (χ1) is 7.63. The minimum atomic E-state index is 0.756. The molecule has 90 valence electrons. The van der Waals surface area contributed by atoms with Crippen LogP contribution in [0.3, 0.4) is 0 Å². The SMILES string of the molecule is COc1ccc(C)cc1CNCCC(C)C. The third-order valence-electron chi connectivity index (χ3n) is 2.65. The summed E-state index contributed by atoms with van der Waals surface area (Å²) >= 11 is 0. The van der Waals surface area contributed by atoms with Crippen molar-refractivity contribution in [1.82, 2.24) is 5.32 Å². The van der Waals surface area contributed by atoms with Gasteiger partial charge in [0.2, 0.25) is 0 Å². The fraction of sp³-hybridized carbons (Fsp3) is 0.571. The maximum absolute atomic E-state index is 5.34. The van der Waals surface area contributed by atoms with Crippen LogP contribution in [0.15, 0.2) is 18.2 Å². The zero-order chi connectivity index (χ0) is 12.0.